The molecule has 0 unspecified atom stereocenters. The maximum Gasteiger partial charge on any atom is 0.252 e. The Kier molecular flexibility index (Phi) is 5.40. The second-order valence-corrected chi connectivity index (χ2v) is 7.30. The van der Waals surface area contributed by atoms with Crippen molar-refractivity contribution < 1.29 is 22.4 Å². The van der Waals surface area contributed by atoms with Crippen LogP contribution in [0.1, 0.15) is 21.7 Å². The molecule has 1 aromatic heterocycles. The molecule has 0 bridgehead atoms. The van der Waals surface area contributed by atoms with Crippen LogP contribution in [0.2, 0.25) is 0 Å². The van der Waals surface area contributed by atoms with Gasteiger partial charge in [0.25, 0.3) is 5.91 Å². The highest BCUT2D eigenvalue weighted by Crippen LogP contribution is 2.15. The quantitative estimate of drug-likeness (QED) is 0.810. The van der Waals surface area contributed by atoms with E-state index >= 15 is 0 Å². The van der Waals surface area contributed by atoms with Crippen molar-refractivity contribution in [3.05, 3.63) is 53.5 Å². The van der Waals surface area contributed by atoms with Crippen LogP contribution < -0.4 is 10.6 Å². The molecule has 0 fully saturated rings. The Bertz CT molecular complexity index is 841. The fraction of sp³-hybridized carbons (Fsp3) is 0.250. The number of hydrogen-bond acceptors (Lipinski definition) is 5. The predicted molar refractivity (Wildman–Crippen MR) is 87.2 cm³/mol. The second kappa shape index (κ2) is 7.31. The summed E-state index contributed by atoms with van der Waals surface area (Å²) in [6.07, 6.45) is 2.57. The minimum atomic E-state index is -3.41. The maximum atomic E-state index is 12.2. The highest BCUT2D eigenvalue weighted by molar-refractivity contribution is 7.90. The Hall–Kier alpha value is -2.61. The van der Waals surface area contributed by atoms with Crippen LogP contribution in [-0.2, 0) is 21.2 Å². The number of carbonyl (C=O) groups excluding carboxylic acids is 2. The average molecular weight is 350 g/mol. The molecule has 1 heterocycles. The third-order valence-electron chi connectivity index (χ3n) is 3.33. The molecule has 7 nitrogen and oxygen atoms in total. The Morgan fingerprint density at radius 3 is 2.54 bits per heavy atom. The van der Waals surface area contributed by atoms with Gasteiger partial charge in [0.1, 0.15) is 5.76 Å². The van der Waals surface area contributed by atoms with Gasteiger partial charge in [-0.2, -0.15) is 0 Å². The van der Waals surface area contributed by atoms with Crippen LogP contribution in [0, 0.1) is 6.92 Å². The van der Waals surface area contributed by atoms with Crippen molar-refractivity contribution in [1.82, 2.24) is 10.6 Å². The van der Waals surface area contributed by atoms with Crippen LogP contribution in [0.4, 0.5) is 0 Å². The van der Waals surface area contributed by atoms with Crippen molar-refractivity contribution >= 4 is 21.7 Å². The maximum absolute atomic E-state index is 12.2. The van der Waals surface area contributed by atoms with Crippen LogP contribution in [0.15, 0.2) is 45.9 Å². The number of furan rings is 1. The molecule has 8 heteroatoms. The number of benzene rings is 1. The minimum absolute atomic E-state index is 0.0560. The zero-order valence-electron chi connectivity index (χ0n) is 13.3. The number of carbonyl (C=O) groups is 2. The van der Waals surface area contributed by atoms with Crippen molar-refractivity contribution in [2.45, 2.75) is 18.4 Å². The molecule has 2 rings (SSSR count). The first-order chi connectivity index (χ1) is 11.3. The summed E-state index contributed by atoms with van der Waals surface area (Å²) < 4.78 is 28.2. The van der Waals surface area contributed by atoms with Crippen LogP contribution in [0.5, 0.6) is 0 Å². The molecule has 0 radical (unpaired) electrons. The molecule has 2 amide bonds. The Morgan fingerprint density at radius 1 is 1.17 bits per heavy atom. The SMILES string of the molecule is Cc1ccc(S(C)(=O)=O)cc1C(=O)NCC(=O)NCc1ccco1. The van der Waals surface area contributed by atoms with Crippen molar-refractivity contribution in [2.24, 2.45) is 0 Å². The molecule has 1 aromatic carbocycles. The summed E-state index contributed by atoms with van der Waals surface area (Å²) in [4.78, 5) is 24.0. The van der Waals surface area contributed by atoms with Crippen molar-refractivity contribution in [1.29, 1.82) is 0 Å². The van der Waals surface area contributed by atoms with Crippen molar-refractivity contribution in [3.8, 4) is 0 Å². The van der Waals surface area contributed by atoms with E-state index in [1.54, 1.807) is 25.1 Å². The van der Waals surface area contributed by atoms with Crippen molar-refractivity contribution in [3.63, 3.8) is 0 Å². The van der Waals surface area contributed by atoms with E-state index in [0.29, 0.717) is 11.3 Å². The summed E-state index contributed by atoms with van der Waals surface area (Å²) in [6, 6.07) is 7.74. The van der Waals surface area contributed by atoms with Crippen LogP contribution in [0.3, 0.4) is 0 Å². The average Bonchev–Trinajstić information content (AvgIpc) is 3.03. The van der Waals surface area contributed by atoms with E-state index in [0.717, 1.165) is 6.26 Å². The first-order valence-corrected chi connectivity index (χ1v) is 9.04. The van der Waals surface area contributed by atoms with E-state index in [1.165, 1.54) is 18.4 Å². The monoisotopic (exact) mass is 350 g/mol. The Morgan fingerprint density at radius 2 is 1.92 bits per heavy atom. The van der Waals surface area contributed by atoms with E-state index in [2.05, 4.69) is 10.6 Å². The summed E-state index contributed by atoms with van der Waals surface area (Å²) in [5.41, 5.74) is 0.840. The van der Waals surface area contributed by atoms with Gasteiger partial charge in [0, 0.05) is 11.8 Å². The normalized spacial score (nSPS) is 11.1. The van der Waals surface area contributed by atoms with Gasteiger partial charge in [-0.05, 0) is 36.8 Å². The standard InChI is InChI=1S/C16H18N2O5S/c1-11-5-6-13(24(2,21)22)8-14(11)16(20)18-10-15(19)17-9-12-4-3-7-23-12/h3-8H,9-10H2,1-2H3,(H,17,19)(H,18,20). The zero-order valence-corrected chi connectivity index (χ0v) is 14.1. The first kappa shape index (κ1) is 17.7. The number of nitrogens with one attached hydrogen (secondary N) is 2. The summed E-state index contributed by atoms with van der Waals surface area (Å²) in [5.74, 6) is -0.283. The first-order valence-electron chi connectivity index (χ1n) is 7.15. The molecule has 0 spiro atoms. The van der Waals surface area contributed by atoms with E-state index in [9.17, 15) is 18.0 Å². The van der Waals surface area contributed by atoms with Gasteiger partial charge in [-0.3, -0.25) is 9.59 Å². The number of sulfone groups is 1. The summed E-state index contributed by atoms with van der Waals surface area (Å²) in [5, 5.41) is 5.07. The number of amides is 2. The smallest absolute Gasteiger partial charge is 0.252 e. The highest BCUT2D eigenvalue weighted by atomic mass is 32.2. The lowest BCUT2D eigenvalue weighted by atomic mass is 10.1. The molecule has 128 valence electrons. The van der Waals surface area contributed by atoms with Gasteiger partial charge in [-0.1, -0.05) is 6.07 Å². The lowest BCUT2D eigenvalue weighted by molar-refractivity contribution is -0.120. The second-order valence-electron chi connectivity index (χ2n) is 5.29. The largest absolute Gasteiger partial charge is 0.467 e. The summed E-state index contributed by atoms with van der Waals surface area (Å²) in [7, 11) is -3.41. The van der Waals surface area contributed by atoms with Gasteiger partial charge in [0.2, 0.25) is 5.91 Å². The minimum Gasteiger partial charge on any atom is -0.467 e. The van der Waals surface area contributed by atoms with E-state index in [-0.39, 0.29) is 29.5 Å². The van der Waals surface area contributed by atoms with Gasteiger partial charge >= 0.3 is 0 Å². The van der Waals surface area contributed by atoms with Gasteiger partial charge < -0.3 is 15.1 Å². The van der Waals surface area contributed by atoms with Crippen LogP contribution in [-0.4, -0.2) is 33.0 Å². The summed E-state index contributed by atoms with van der Waals surface area (Å²) in [6.45, 7) is 1.70. The molecule has 0 aliphatic heterocycles. The van der Waals surface area contributed by atoms with Gasteiger partial charge in [-0.25, -0.2) is 8.42 Å². The fourth-order valence-electron chi connectivity index (χ4n) is 1.99. The van der Waals surface area contributed by atoms with Gasteiger partial charge in [-0.15, -0.1) is 0 Å². The molecule has 0 aliphatic carbocycles. The topological polar surface area (TPSA) is 105 Å². The molecule has 0 saturated heterocycles. The van der Waals surface area contributed by atoms with Gasteiger partial charge in [0.15, 0.2) is 9.84 Å². The third-order valence-corrected chi connectivity index (χ3v) is 4.44. The molecular formula is C16H18N2O5S. The van der Waals surface area contributed by atoms with E-state index in [4.69, 9.17) is 4.42 Å². The number of hydrogen-bond donors (Lipinski definition) is 2. The molecule has 2 aromatic rings. The molecular weight excluding hydrogens is 332 g/mol. The molecule has 0 atom stereocenters. The van der Waals surface area contributed by atoms with Crippen LogP contribution in [0.25, 0.3) is 0 Å². The fourth-order valence-corrected chi connectivity index (χ4v) is 2.64. The lowest BCUT2D eigenvalue weighted by Crippen LogP contribution is -2.36. The number of rotatable bonds is 6. The molecule has 0 saturated carbocycles. The zero-order chi connectivity index (χ0) is 17.7. The van der Waals surface area contributed by atoms with E-state index < -0.39 is 15.7 Å². The highest BCUT2D eigenvalue weighted by Gasteiger charge is 2.15. The summed E-state index contributed by atoms with van der Waals surface area (Å²) >= 11 is 0. The van der Waals surface area contributed by atoms with E-state index in [1.807, 2.05) is 0 Å². The Labute approximate surface area is 140 Å². The predicted octanol–water partition coefficient (Wildman–Crippen LogP) is 1.04. The van der Waals surface area contributed by atoms with Crippen LogP contribution >= 0.6 is 0 Å². The Balaban J connectivity index is 1.96. The van der Waals surface area contributed by atoms with Crippen molar-refractivity contribution in [2.75, 3.05) is 12.8 Å². The molecule has 0 aliphatic rings. The lowest BCUT2D eigenvalue weighted by Gasteiger charge is -2.09. The third kappa shape index (κ3) is 4.69. The molecule has 24 heavy (non-hydrogen) atoms. The molecule has 2 N–H and O–H groups in total. The van der Waals surface area contributed by atoms with Gasteiger partial charge in [0.05, 0.1) is 24.2 Å². The number of aryl methyl sites for hydroxylation is 1.